The van der Waals surface area contributed by atoms with E-state index < -0.39 is 28.5 Å². The number of hydrogen-bond donors (Lipinski definition) is 1. The molecule has 0 saturated carbocycles. The van der Waals surface area contributed by atoms with Gasteiger partial charge in [-0.2, -0.15) is 0 Å². The van der Waals surface area contributed by atoms with Gasteiger partial charge in [0.1, 0.15) is 12.6 Å². The SMILES string of the molecule is CCCNC(=O)[C@@H](Cc1ccccc1)N(Cc1cccc(Br)c1)C(=O)CN(c1ccc(C)c(C)c1)S(=O)(=O)c1ccc(Cl)cc1. The van der Waals surface area contributed by atoms with Crippen molar-refractivity contribution in [1.82, 2.24) is 10.2 Å². The summed E-state index contributed by atoms with van der Waals surface area (Å²) in [4.78, 5) is 29.7. The number of rotatable bonds is 13. The average molecular weight is 711 g/mol. The third-order valence-corrected chi connectivity index (χ3v) is 10.1. The van der Waals surface area contributed by atoms with Gasteiger partial charge in [-0.1, -0.05) is 83.0 Å². The summed E-state index contributed by atoms with van der Waals surface area (Å²) in [6.07, 6.45) is 0.979. The van der Waals surface area contributed by atoms with Crippen LogP contribution in [0.3, 0.4) is 0 Å². The third-order valence-electron chi connectivity index (χ3n) is 7.52. The predicted octanol–water partition coefficient (Wildman–Crippen LogP) is 7.08. The van der Waals surface area contributed by atoms with E-state index in [0.717, 1.165) is 37.5 Å². The van der Waals surface area contributed by atoms with Crippen molar-refractivity contribution in [2.45, 2.75) is 51.1 Å². The van der Waals surface area contributed by atoms with Gasteiger partial charge in [-0.15, -0.1) is 0 Å². The first kappa shape index (κ1) is 34.2. The van der Waals surface area contributed by atoms with E-state index in [-0.39, 0.29) is 23.8 Å². The number of benzene rings is 4. The molecular formula is C35H37BrClN3O4S. The second-order valence-electron chi connectivity index (χ2n) is 10.9. The lowest BCUT2D eigenvalue weighted by molar-refractivity contribution is -0.140. The molecule has 0 bridgehead atoms. The summed E-state index contributed by atoms with van der Waals surface area (Å²) in [7, 11) is -4.21. The molecule has 4 aromatic rings. The summed E-state index contributed by atoms with van der Waals surface area (Å²) in [5.41, 5.74) is 3.88. The first-order chi connectivity index (χ1) is 21.5. The molecular weight excluding hydrogens is 674 g/mol. The van der Waals surface area contributed by atoms with Crippen LogP contribution in [0.5, 0.6) is 0 Å². The van der Waals surface area contributed by atoms with Gasteiger partial charge in [-0.3, -0.25) is 13.9 Å². The third kappa shape index (κ3) is 8.96. The molecule has 0 aliphatic rings. The van der Waals surface area contributed by atoms with Gasteiger partial charge in [0.05, 0.1) is 10.6 Å². The lowest BCUT2D eigenvalue weighted by Crippen LogP contribution is -2.53. The largest absolute Gasteiger partial charge is 0.354 e. The number of halogens is 2. The quantitative estimate of drug-likeness (QED) is 0.161. The molecule has 2 amide bonds. The number of carbonyl (C=O) groups is 2. The Kier molecular flexibility index (Phi) is 11.8. The summed E-state index contributed by atoms with van der Waals surface area (Å²) in [6.45, 7) is 5.81. The molecule has 0 aliphatic heterocycles. The molecule has 7 nitrogen and oxygen atoms in total. The molecule has 0 aromatic heterocycles. The maximum Gasteiger partial charge on any atom is 0.264 e. The molecule has 0 spiro atoms. The van der Waals surface area contributed by atoms with Crippen molar-refractivity contribution in [3.63, 3.8) is 0 Å². The highest BCUT2D eigenvalue weighted by Gasteiger charge is 2.34. The van der Waals surface area contributed by atoms with Crippen molar-refractivity contribution in [2.24, 2.45) is 0 Å². The summed E-state index contributed by atoms with van der Waals surface area (Å²) in [6, 6.07) is 27.2. The number of nitrogens with one attached hydrogen (secondary N) is 1. The zero-order valence-corrected chi connectivity index (χ0v) is 28.7. The number of amides is 2. The molecule has 0 radical (unpaired) electrons. The summed E-state index contributed by atoms with van der Waals surface area (Å²) in [5.74, 6) is -0.819. The van der Waals surface area contributed by atoms with Gasteiger partial charge in [0.2, 0.25) is 11.8 Å². The first-order valence-electron chi connectivity index (χ1n) is 14.7. The van der Waals surface area contributed by atoms with E-state index in [0.29, 0.717) is 17.3 Å². The Morgan fingerprint density at radius 3 is 2.20 bits per heavy atom. The molecule has 10 heteroatoms. The minimum atomic E-state index is -4.21. The van der Waals surface area contributed by atoms with Gasteiger partial charge < -0.3 is 10.2 Å². The van der Waals surface area contributed by atoms with Crippen molar-refractivity contribution in [3.8, 4) is 0 Å². The molecule has 1 atom stereocenters. The van der Waals surface area contributed by atoms with E-state index in [4.69, 9.17) is 11.6 Å². The van der Waals surface area contributed by atoms with E-state index in [1.54, 1.807) is 12.1 Å². The Morgan fingerprint density at radius 2 is 1.56 bits per heavy atom. The number of nitrogens with zero attached hydrogens (tertiary/aromatic N) is 2. The van der Waals surface area contributed by atoms with Gasteiger partial charge in [-0.05, 0) is 91.1 Å². The summed E-state index contributed by atoms with van der Waals surface area (Å²) >= 11 is 9.57. The second-order valence-corrected chi connectivity index (χ2v) is 14.1. The van der Waals surface area contributed by atoms with Crippen molar-refractivity contribution in [3.05, 3.63) is 129 Å². The number of anilines is 1. The van der Waals surface area contributed by atoms with Crippen LogP contribution in [0.25, 0.3) is 0 Å². The Balaban J connectivity index is 1.81. The lowest BCUT2D eigenvalue weighted by atomic mass is 10.0. The van der Waals surface area contributed by atoms with E-state index >= 15 is 0 Å². The number of aryl methyl sites for hydroxylation is 2. The molecule has 4 rings (SSSR count). The van der Waals surface area contributed by atoms with Crippen LogP contribution in [0.2, 0.25) is 5.02 Å². The number of hydrogen-bond acceptors (Lipinski definition) is 4. The highest BCUT2D eigenvalue weighted by molar-refractivity contribution is 9.10. The van der Waals surface area contributed by atoms with Gasteiger partial charge in [0, 0.05) is 29.0 Å². The highest BCUT2D eigenvalue weighted by atomic mass is 79.9. The predicted molar refractivity (Wildman–Crippen MR) is 184 cm³/mol. The molecule has 0 unspecified atom stereocenters. The van der Waals surface area contributed by atoms with Gasteiger partial charge >= 0.3 is 0 Å². The molecule has 0 aliphatic carbocycles. The van der Waals surface area contributed by atoms with E-state index in [1.807, 2.05) is 81.4 Å². The fourth-order valence-corrected chi connectivity index (χ4v) is 6.87. The molecule has 4 aromatic carbocycles. The van der Waals surface area contributed by atoms with Crippen molar-refractivity contribution in [2.75, 3.05) is 17.4 Å². The average Bonchev–Trinajstić information content (AvgIpc) is 3.02. The summed E-state index contributed by atoms with van der Waals surface area (Å²) in [5, 5.41) is 3.35. The van der Waals surface area contributed by atoms with Crippen LogP contribution in [-0.2, 0) is 32.6 Å². The second kappa shape index (κ2) is 15.6. The molecule has 45 heavy (non-hydrogen) atoms. The molecule has 0 fully saturated rings. The van der Waals surface area contributed by atoms with Crippen LogP contribution in [0.15, 0.2) is 106 Å². The van der Waals surface area contributed by atoms with E-state index in [2.05, 4.69) is 21.2 Å². The van der Waals surface area contributed by atoms with Crippen LogP contribution >= 0.6 is 27.5 Å². The molecule has 236 valence electrons. The minimum absolute atomic E-state index is 0.00186. The Morgan fingerprint density at radius 1 is 0.867 bits per heavy atom. The zero-order chi connectivity index (χ0) is 32.6. The van der Waals surface area contributed by atoms with Crippen LogP contribution in [0, 0.1) is 13.8 Å². The van der Waals surface area contributed by atoms with Gasteiger partial charge in [-0.25, -0.2) is 8.42 Å². The summed E-state index contributed by atoms with van der Waals surface area (Å²) < 4.78 is 30.3. The van der Waals surface area contributed by atoms with Crippen molar-refractivity contribution in [1.29, 1.82) is 0 Å². The Labute approximate surface area is 279 Å². The number of carbonyl (C=O) groups excluding carboxylic acids is 2. The normalized spacial score (nSPS) is 11.9. The van der Waals surface area contributed by atoms with Crippen LogP contribution < -0.4 is 9.62 Å². The number of sulfonamides is 1. The van der Waals surface area contributed by atoms with Crippen LogP contribution in [0.4, 0.5) is 5.69 Å². The zero-order valence-electron chi connectivity index (χ0n) is 25.5. The van der Waals surface area contributed by atoms with Crippen molar-refractivity contribution >= 4 is 55.1 Å². The van der Waals surface area contributed by atoms with Gasteiger partial charge in [0.25, 0.3) is 10.0 Å². The standard InChI is InChI=1S/C35H37BrClN3O4S/c1-4-19-38-35(42)33(22-27-9-6-5-7-10-27)39(23-28-11-8-12-29(36)21-28)34(41)24-40(31-16-13-25(2)26(3)20-31)45(43,44)32-17-14-30(37)15-18-32/h5-18,20-21,33H,4,19,22-24H2,1-3H3,(H,38,42)/t33-/m1/s1. The van der Waals surface area contributed by atoms with E-state index in [1.165, 1.54) is 29.2 Å². The fourth-order valence-electron chi connectivity index (χ4n) is 4.90. The molecule has 0 heterocycles. The molecule has 1 N–H and O–H groups in total. The van der Waals surface area contributed by atoms with Crippen molar-refractivity contribution < 1.29 is 18.0 Å². The van der Waals surface area contributed by atoms with Gasteiger partial charge in [0.15, 0.2) is 0 Å². The molecule has 0 saturated heterocycles. The van der Waals surface area contributed by atoms with E-state index in [9.17, 15) is 18.0 Å². The maximum atomic E-state index is 14.5. The minimum Gasteiger partial charge on any atom is -0.354 e. The lowest BCUT2D eigenvalue weighted by Gasteiger charge is -2.34. The first-order valence-corrected chi connectivity index (χ1v) is 17.3. The highest BCUT2D eigenvalue weighted by Crippen LogP contribution is 2.28. The van der Waals surface area contributed by atoms with Crippen LogP contribution in [-0.4, -0.2) is 44.3 Å². The van der Waals surface area contributed by atoms with Crippen LogP contribution in [0.1, 0.15) is 35.6 Å². The fraction of sp³-hybridized carbons (Fsp3) is 0.257. The monoisotopic (exact) mass is 709 g/mol. The topological polar surface area (TPSA) is 86.8 Å². The maximum absolute atomic E-state index is 14.5. The smallest absolute Gasteiger partial charge is 0.264 e. The Hall–Kier alpha value is -3.66. The Bertz CT molecular complexity index is 1730.